The molecule has 1 aromatic heterocycles. The lowest BCUT2D eigenvalue weighted by atomic mass is 10.1. The lowest BCUT2D eigenvalue weighted by Gasteiger charge is -2.21. The molecular formula is C16H19ClN2O. The van der Waals surface area contributed by atoms with Crippen LogP contribution in [0.1, 0.15) is 18.4 Å². The molecule has 1 fully saturated rings. The summed E-state index contributed by atoms with van der Waals surface area (Å²) in [7, 11) is 2.02. The first kappa shape index (κ1) is 13.8. The minimum Gasteiger partial charge on any atom is -0.392 e. The molecule has 0 bridgehead atoms. The van der Waals surface area contributed by atoms with Gasteiger partial charge in [0.05, 0.1) is 11.6 Å². The smallest absolute Gasteiger partial charge is 0.0761 e. The molecule has 20 heavy (non-hydrogen) atoms. The van der Waals surface area contributed by atoms with E-state index in [0.717, 1.165) is 34.3 Å². The standard InChI is InChI=1S/C16H19ClN2O/c1-19(10-15(20)11-4-5-11)9-13-14(17)7-6-12-3-2-8-18-16(12)13/h2-3,6-8,11,15,20H,4-5,9-10H2,1H3. The Bertz CT molecular complexity index is 612. The Kier molecular flexibility index (Phi) is 3.92. The van der Waals surface area contributed by atoms with Crippen molar-refractivity contribution in [1.29, 1.82) is 0 Å². The van der Waals surface area contributed by atoms with Crippen LogP contribution in [0.3, 0.4) is 0 Å². The molecule has 3 nitrogen and oxygen atoms in total. The van der Waals surface area contributed by atoms with Crippen molar-refractivity contribution in [1.82, 2.24) is 9.88 Å². The second-order valence-electron chi connectivity index (χ2n) is 5.70. The maximum Gasteiger partial charge on any atom is 0.0761 e. The first-order valence-corrected chi connectivity index (χ1v) is 7.41. The number of fused-ring (bicyclic) bond motifs is 1. The van der Waals surface area contributed by atoms with Gasteiger partial charge in [0.15, 0.2) is 0 Å². The van der Waals surface area contributed by atoms with Gasteiger partial charge >= 0.3 is 0 Å². The Morgan fingerprint density at radius 1 is 1.40 bits per heavy atom. The highest BCUT2D eigenvalue weighted by Crippen LogP contribution is 2.33. The fourth-order valence-corrected chi connectivity index (χ4v) is 2.83. The van der Waals surface area contributed by atoms with Crippen LogP contribution in [0.15, 0.2) is 30.5 Å². The summed E-state index contributed by atoms with van der Waals surface area (Å²) < 4.78 is 0. The highest BCUT2D eigenvalue weighted by molar-refractivity contribution is 6.32. The van der Waals surface area contributed by atoms with Crippen LogP contribution in [0, 0.1) is 5.92 Å². The molecule has 1 aromatic carbocycles. The molecule has 1 N–H and O–H groups in total. The Labute approximate surface area is 124 Å². The van der Waals surface area contributed by atoms with Gasteiger partial charge in [-0.1, -0.05) is 23.7 Å². The third kappa shape index (κ3) is 2.95. The summed E-state index contributed by atoms with van der Waals surface area (Å²) in [6.07, 6.45) is 3.89. The third-order valence-corrected chi connectivity index (χ3v) is 4.27. The minimum absolute atomic E-state index is 0.221. The summed E-state index contributed by atoms with van der Waals surface area (Å²) >= 11 is 6.33. The first-order valence-electron chi connectivity index (χ1n) is 7.04. The molecule has 0 saturated heterocycles. The van der Waals surface area contributed by atoms with Gasteiger partial charge in [0.2, 0.25) is 0 Å². The lowest BCUT2D eigenvalue weighted by Crippen LogP contribution is -2.30. The van der Waals surface area contributed by atoms with Gasteiger partial charge in [0.25, 0.3) is 0 Å². The Balaban J connectivity index is 1.80. The van der Waals surface area contributed by atoms with Gasteiger partial charge < -0.3 is 5.11 Å². The van der Waals surface area contributed by atoms with E-state index in [4.69, 9.17) is 11.6 Å². The van der Waals surface area contributed by atoms with Gasteiger partial charge in [-0.2, -0.15) is 0 Å². The highest BCUT2D eigenvalue weighted by atomic mass is 35.5. The van der Waals surface area contributed by atoms with Crippen LogP contribution in [0.2, 0.25) is 5.02 Å². The summed E-state index contributed by atoms with van der Waals surface area (Å²) in [5, 5.41) is 11.9. The zero-order chi connectivity index (χ0) is 14.1. The van der Waals surface area contributed by atoms with E-state index < -0.39 is 0 Å². The van der Waals surface area contributed by atoms with Gasteiger partial charge in [0, 0.05) is 35.3 Å². The molecule has 0 amide bonds. The number of halogens is 1. The second-order valence-corrected chi connectivity index (χ2v) is 6.11. The molecule has 1 aliphatic rings. The average Bonchev–Trinajstić information content (AvgIpc) is 3.26. The van der Waals surface area contributed by atoms with Crippen molar-refractivity contribution in [2.24, 2.45) is 5.92 Å². The lowest BCUT2D eigenvalue weighted by molar-refractivity contribution is 0.104. The van der Waals surface area contributed by atoms with Crippen LogP contribution in [-0.4, -0.2) is 34.7 Å². The number of pyridine rings is 1. The van der Waals surface area contributed by atoms with Gasteiger partial charge in [0.1, 0.15) is 0 Å². The molecule has 1 atom stereocenters. The zero-order valence-electron chi connectivity index (χ0n) is 11.6. The van der Waals surface area contributed by atoms with Crippen molar-refractivity contribution in [3.8, 4) is 0 Å². The fourth-order valence-electron chi connectivity index (χ4n) is 2.62. The summed E-state index contributed by atoms with van der Waals surface area (Å²) in [5.74, 6) is 0.499. The van der Waals surface area contributed by atoms with Crippen LogP contribution >= 0.6 is 11.6 Å². The molecule has 0 aliphatic heterocycles. The Morgan fingerprint density at radius 3 is 2.95 bits per heavy atom. The van der Waals surface area contributed by atoms with E-state index in [1.54, 1.807) is 6.20 Å². The number of likely N-dealkylation sites (N-methyl/N-ethyl adjacent to an activating group) is 1. The predicted octanol–water partition coefficient (Wildman–Crippen LogP) is 3.09. The van der Waals surface area contributed by atoms with Crippen LogP contribution in [0.4, 0.5) is 0 Å². The SMILES string of the molecule is CN(Cc1c(Cl)ccc2cccnc12)CC(O)C1CC1. The van der Waals surface area contributed by atoms with E-state index in [0.29, 0.717) is 19.0 Å². The summed E-state index contributed by atoms with van der Waals surface area (Å²) in [5.41, 5.74) is 1.99. The molecular weight excluding hydrogens is 272 g/mol. The van der Waals surface area contributed by atoms with Crippen molar-refractivity contribution in [3.63, 3.8) is 0 Å². The van der Waals surface area contributed by atoms with E-state index in [1.807, 2.05) is 31.3 Å². The minimum atomic E-state index is -0.221. The third-order valence-electron chi connectivity index (χ3n) is 3.92. The van der Waals surface area contributed by atoms with Gasteiger partial charge in [-0.25, -0.2) is 0 Å². The van der Waals surface area contributed by atoms with Crippen molar-refractivity contribution in [2.75, 3.05) is 13.6 Å². The molecule has 0 spiro atoms. The first-order chi connectivity index (χ1) is 9.65. The van der Waals surface area contributed by atoms with Crippen LogP contribution < -0.4 is 0 Å². The fraction of sp³-hybridized carbons (Fsp3) is 0.438. The highest BCUT2D eigenvalue weighted by Gasteiger charge is 2.30. The molecule has 4 heteroatoms. The number of hydrogen-bond donors (Lipinski definition) is 1. The summed E-state index contributed by atoms with van der Waals surface area (Å²) in [6, 6.07) is 7.89. The van der Waals surface area contributed by atoms with E-state index in [9.17, 15) is 5.11 Å². The number of benzene rings is 1. The van der Waals surface area contributed by atoms with Crippen molar-refractivity contribution in [2.45, 2.75) is 25.5 Å². The Hall–Kier alpha value is -1.16. The normalized spacial score (nSPS) is 16.8. The van der Waals surface area contributed by atoms with E-state index in [2.05, 4.69) is 9.88 Å². The zero-order valence-corrected chi connectivity index (χ0v) is 12.3. The molecule has 1 aliphatic carbocycles. The molecule has 3 rings (SSSR count). The number of rotatable bonds is 5. The summed E-state index contributed by atoms with van der Waals surface area (Å²) in [6.45, 7) is 1.39. The van der Waals surface area contributed by atoms with Gasteiger partial charge in [-0.15, -0.1) is 0 Å². The number of aliphatic hydroxyl groups excluding tert-OH is 1. The number of nitrogens with zero attached hydrogens (tertiary/aromatic N) is 2. The molecule has 1 saturated carbocycles. The second kappa shape index (κ2) is 5.68. The number of aromatic nitrogens is 1. The van der Waals surface area contributed by atoms with Gasteiger partial charge in [-0.3, -0.25) is 9.88 Å². The van der Waals surface area contributed by atoms with E-state index in [1.165, 1.54) is 0 Å². The van der Waals surface area contributed by atoms with Crippen LogP contribution in [0.5, 0.6) is 0 Å². The van der Waals surface area contributed by atoms with E-state index in [-0.39, 0.29) is 6.10 Å². The Morgan fingerprint density at radius 2 is 2.20 bits per heavy atom. The van der Waals surface area contributed by atoms with Crippen LogP contribution in [0.25, 0.3) is 10.9 Å². The number of aliphatic hydroxyl groups is 1. The van der Waals surface area contributed by atoms with Crippen molar-refractivity contribution in [3.05, 3.63) is 41.0 Å². The van der Waals surface area contributed by atoms with Crippen LogP contribution in [-0.2, 0) is 6.54 Å². The molecule has 1 unspecified atom stereocenters. The maximum absolute atomic E-state index is 10.0. The average molecular weight is 291 g/mol. The maximum atomic E-state index is 10.0. The quantitative estimate of drug-likeness (QED) is 0.919. The van der Waals surface area contributed by atoms with Crippen molar-refractivity contribution >= 4 is 22.5 Å². The topological polar surface area (TPSA) is 36.4 Å². The summed E-state index contributed by atoms with van der Waals surface area (Å²) in [4.78, 5) is 6.57. The van der Waals surface area contributed by atoms with E-state index >= 15 is 0 Å². The largest absolute Gasteiger partial charge is 0.392 e. The molecule has 1 heterocycles. The number of hydrogen-bond acceptors (Lipinski definition) is 3. The van der Waals surface area contributed by atoms with Gasteiger partial charge in [-0.05, 0) is 37.9 Å². The molecule has 2 aromatic rings. The monoisotopic (exact) mass is 290 g/mol. The van der Waals surface area contributed by atoms with Crippen molar-refractivity contribution < 1.29 is 5.11 Å². The predicted molar refractivity (Wildman–Crippen MR) is 81.8 cm³/mol. The molecule has 0 radical (unpaired) electrons. The molecule has 106 valence electrons.